The fourth-order valence-corrected chi connectivity index (χ4v) is 2.46. The van der Waals surface area contributed by atoms with Crippen LogP contribution in [0.5, 0.6) is 0 Å². The summed E-state index contributed by atoms with van der Waals surface area (Å²) in [6, 6.07) is 1.92. The quantitative estimate of drug-likeness (QED) is 0.843. The summed E-state index contributed by atoms with van der Waals surface area (Å²) in [6.07, 6.45) is -3.91. The minimum absolute atomic E-state index is 0.265. The molecule has 0 fully saturated rings. The van der Waals surface area contributed by atoms with E-state index in [0.29, 0.717) is 0 Å². The van der Waals surface area contributed by atoms with E-state index >= 15 is 0 Å². The number of aryl methyl sites for hydroxylation is 1. The number of aliphatic carboxylic acids is 1. The third-order valence-electron chi connectivity index (χ3n) is 2.55. The Bertz CT molecular complexity index is 403. The minimum atomic E-state index is -4.72. The van der Waals surface area contributed by atoms with Crippen LogP contribution >= 0.6 is 11.3 Å². The van der Waals surface area contributed by atoms with Crippen LogP contribution in [-0.2, 0) is 17.8 Å². The van der Waals surface area contributed by atoms with E-state index in [1.54, 1.807) is 0 Å². The highest BCUT2D eigenvalue weighted by molar-refractivity contribution is 7.10. The van der Waals surface area contributed by atoms with E-state index < -0.39 is 24.6 Å². The summed E-state index contributed by atoms with van der Waals surface area (Å²) in [6.45, 7) is 1.61. The van der Waals surface area contributed by atoms with Crippen LogP contribution in [-0.4, -0.2) is 23.8 Å². The molecule has 0 saturated heterocycles. The fourth-order valence-electron chi connectivity index (χ4n) is 1.51. The molecule has 1 rings (SSSR count). The van der Waals surface area contributed by atoms with Gasteiger partial charge in [0.15, 0.2) is 5.92 Å². The summed E-state index contributed by atoms with van der Waals surface area (Å²) in [4.78, 5) is 11.5. The number of hydrogen-bond acceptors (Lipinski definition) is 3. The zero-order valence-electron chi connectivity index (χ0n) is 9.75. The Morgan fingerprint density at radius 2 is 2.22 bits per heavy atom. The average molecular weight is 281 g/mol. The van der Waals surface area contributed by atoms with Gasteiger partial charge in [-0.15, -0.1) is 11.3 Å². The van der Waals surface area contributed by atoms with Crippen molar-refractivity contribution in [3.05, 3.63) is 21.9 Å². The molecule has 1 aromatic heterocycles. The SMILES string of the molecule is CCc1ccsc1CNCC(C(=O)O)C(F)(F)F. The first-order chi connectivity index (χ1) is 8.36. The molecule has 3 nitrogen and oxygen atoms in total. The Morgan fingerprint density at radius 1 is 1.56 bits per heavy atom. The highest BCUT2D eigenvalue weighted by Crippen LogP contribution is 2.26. The Labute approximate surface area is 107 Å². The zero-order chi connectivity index (χ0) is 13.8. The van der Waals surface area contributed by atoms with Gasteiger partial charge in [-0.25, -0.2) is 0 Å². The molecule has 0 spiro atoms. The smallest absolute Gasteiger partial charge is 0.403 e. The predicted octanol–water partition coefficient (Wildman–Crippen LogP) is 2.66. The fraction of sp³-hybridized carbons (Fsp3) is 0.545. The summed E-state index contributed by atoms with van der Waals surface area (Å²) < 4.78 is 37.1. The molecule has 18 heavy (non-hydrogen) atoms. The predicted molar refractivity (Wildman–Crippen MR) is 62.6 cm³/mol. The van der Waals surface area contributed by atoms with E-state index in [9.17, 15) is 18.0 Å². The molecule has 2 N–H and O–H groups in total. The van der Waals surface area contributed by atoms with Gasteiger partial charge < -0.3 is 10.4 Å². The van der Waals surface area contributed by atoms with Gasteiger partial charge in [-0.3, -0.25) is 4.79 Å². The lowest BCUT2D eigenvalue weighted by Gasteiger charge is -2.16. The molecular formula is C11H14F3NO2S. The second-order valence-electron chi connectivity index (χ2n) is 3.79. The van der Waals surface area contributed by atoms with Crippen LogP contribution in [0.1, 0.15) is 17.4 Å². The summed E-state index contributed by atoms with van der Waals surface area (Å²) in [7, 11) is 0. The van der Waals surface area contributed by atoms with Crippen molar-refractivity contribution in [3.8, 4) is 0 Å². The van der Waals surface area contributed by atoms with E-state index in [0.717, 1.165) is 16.9 Å². The number of carboxylic acids is 1. The summed E-state index contributed by atoms with van der Waals surface area (Å²) in [5, 5.41) is 12.9. The molecule has 102 valence electrons. The van der Waals surface area contributed by atoms with Crippen LogP contribution in [0, 0.1) is 5.92 Å². The van der Waals surface area contributed by atoms with Crippen molar-refractivity contribution in [2.75, 3.05) is 6.54 Å². The number of alkyl halides is 3. The number of thiophene rings is 1. The molecule has 1 aromatic rings. The van der Waals surface area contributed by atoms with Gasteiger partial charge in [0.2, 0.25) is 0 Å². The number of nitrogens with one attached hydrogen (secondary N) is 1. The van der Waals surface area contributed by atoms with Crippen LogP contribution in [0.4, 0.5) is 13.2 Å². The highest BCUT2D eigenvalue weighted by atomic mass is 32.1. The highest BCUT2D eigenvalue weighted by Gasteiger charge is 2.44. The maximum atomic E-state index is 12.4. The maximum Gasteiger partial charge on any atom is 0.403 e. The van der Waals surface area contributed by atoms with E-state index in [4.69, 9.17) is 5.11 Å². The Morgan fingerprint density at radius 3 is 2.72 bits per heavy atom. The van der Waals surface area contributed by atoms with E-state index in [1.165, 1.54) is 11.3 Å². The second-order valence-corrected chi connectivity index (χ2v) is 4.79. The van der Waals surface area contributed by atoms with Gasteiger partial charge >= 0.3 is 12.1 Å². The Hall–Kier alpha value is -1.08. The number of carboxylic acid groups (broad SMARTS) is 1. The summed E-state index contributed by atoms with van der Waals surface area (Å²) in [5.74, 6) is -4.21. The molecule has 1 heterocycles. The lowest BCUT2D eigenvalue weighted by atomic mass is 10.1. The molecule has 0 bridgehead atoms. The number of carbonyl (C=O) groups is 1. The Balaban J connectivity index is 2.52. The van der Waals surface area contributed by atoms with Crippen LogP contribution < -0.4 is 5.32 Å². The monoisotopic (exact) mass is 281 g/mol. The summed E-state index contributed by atoms with van der Waals surface area (Å²) >= 11 is 1.45. The molecular weight excluding hydrogens is 267 g/mol. The van der Waals surface area contributed by atoms with Crippen LogP contribution in [0.25, 0.3) is 0 Å². The van der Waals surface area contributed by atoms with Gasteiger partial charge in [-0.05, 0) is 23.4 Å². The third kappa shape index (κ3) is 3.99. The van der Waals surface area contributed by atoms with E-state index in [1.807, 2.05) is 18.4 Å². The molecule has 0 aliphatic carbocycles. The van der Waals surface area contributed by atoms with Crippen molar-refractivity contribution >= 4 is 17.3 Å². The molecule has 1 unspecified atom stereocenters. The first-order valence-corrected chi connectivity index (χ1v) is 6.29. The molecule has 0 aromatic carbocycles. The van der Waals surface area contributed by atoms with Gasteiger partial charge in [-0.2, -0.15) is 13.2 Å². The van der Waals surface area contributed by atoms with Crippen molar-refractivity contribution in [1.29, 1.82) is 0 Å². The van der Waals surface area contributed by atoms with Crippen LogP contribution in [0.3, 0.4) is 0 Å². The third-order valence-corrected chi connectivity index (χ3v) is 3.51. The van der Waals surface area contributed by atoms with Gasteiger partial charge in [0.25, 0.3) is 0 Å². The van der Waals surface area contributed by atoms with Crippen molar-refractivity contribution in [1.82, 2.24) is 5.32 Å². The topological polar surface area (TPSA) is 49.3 Å². The molecule has 0 amide bonds. The first-order valence-electron chi connectivity index (χ1n) is 5.41. The minimum Gasteiger partial charge on any atom is -0.481 e. The molecule has 0 saturated carbocycles. The van der Waals surface area contributed by atoms with Crippen molar-refractivity contribution in [3.63, 3.8) is 0 Å². The standard InChI is InChI=1S/C11H14F3NO2S/c1-2-7-3-4-18-9(7)6-15-5-8(10(16)17)11(12,13)14/h3-4,8,15H,2,5-6H2,1H3,(H,16,17). The molecule has 0 aliphatic heterocycles. The second kappa shape index (κ2) is 6.19. The van der Waals surface area contributed by atoms with Gasteiger partial charge in [0.05, 0.1) is 0 Å². The van der Waals surface area contributed by atoms with Gasteiger partial charge in [0, 0.05) is 18.0 Å². The molecule has 0 radical (unpaired) electrons. The van der Waals surface area contributed by atoms with Crippen LogP contribution in [0.2, 0.25) is 0 Å². The Kier molecular flexibility index (Phi) is 5.15. The van der Waals surface area contributed by atoms with Crippen molar-refractivity contribution < 1.29 is 23.1 Å². The van der Waals surface area contributed by atoms with E-state index in [-0.39, 0.29) is 6.54 Å². The van der Waals surface area contributed by atoms with E-state index in [2.05, 4.69) is 5.32 Å². The average Bonchev–Trinajstić information content (AvgIpc) is 2.69. The molecule has 7 heteroatoms. The van der Waals surface area contributed by atoms with Crippen molar-refractivity contribution in [2.24, 2.45) is 5.92 Å². The number of halogens is 3. The van der Waals surface area contributed by atoms with Crippen LogP contribution in [0.15, 0.2) is 11.4 Å². The number of rotatable bonds is 6. The molecule has 1 atom stereocenters. The molecule has 0 aliphatic rings. The number of hydrogen-bond donors (Lipinski definition) is 2. The lowest BCUT2D eigenvalue weighted by Crippen LogP contribution is -2.38. The zero-order valence-corrected chi connectivity index (χ0v) is 10.6. The normalized spacial score (nSPS) is 13.6. The largest absolute Gasteiger partial charge is 0.481 e. The van der Waals surface area contributed by atoms with Crippen molar-refractivity contribution in [2.45, 2.75) is 26.1 Å². The first kappa shape index (κ1) is 15.0. The maximum absolute atomic E-state index is 12.4. The van der Waals surface area contributed by atoms with Gasteiger partial charge in [-0.1, -0.05) is 6.92 Å². The lowest BCUT2D eigenvalue weighted by molar-refractivity contribution is -0.192. The summed E-state index contributed by atoms with van der Waals surface area (Å²) in [5.41, 5.74) is 1.08. The van der Waals surface area contributed by atoms with Gasteiger partial charge in [0.1, 0.15) is 0 Å².